The van der Waals surface area contributed by atoms with Crippen LogP contribution in [0.25, 0.3) is 0 Å². The molecule has 0 unspecified atom stereocenters. The molecule has 0 aliphatic rings. The largest absolute Gasteiger partial charge is 0.449 e. The van der Waals surface area contributed by atoms with E-state index >= 15 is 0 Å². The van der Waals surface area contributed by atoms with Gasteiger partial charge in [0.15, 0.2) is 0 Å². The number of hydrogen-bond donors (Lipinski definition) is 3. The van der Waals surface area contributed by atoms with Crippen molar-refractivity contribution >= 4 is 22.0 Å². The van der Waals surface area contributed by atoms with E-state index in [9.17, 15) is 13.2 Å². The molecule has 0 radical (unpaired) electrons. The van der Waals surface area contributed by atoms with Gasteiger partial charge in [-0.3, -0.25) is 4.72 Å². The molecule has 0 atom stereocenters. The van der Waals surface area contributed by atoms with Crippen LogP contribution in [-0.2, 0) is 21.5 Å². The first-order valence-electron chi connectivity index (χ1n) is 6.73. The third-order valence-electron chi connectivity index (χ3n) is 2.46. The molecule has 118 valence electrons. The zero-order valence-electron chi connectivity index (χ0n) is 12.2. The number of benzene rings is 1. The summed E-state index contributed by atoms with van der Waals surface area (Å²) in [6, 6.07) is 6.89. The highest BCUT2D eigenvalue weighted by Crippen LogP contribution is 2.10. The molecular weight excluding hydrogens is 294 g/mol. The molecule has 3 N–H and O–H groups in total. The van der Waals surface area contributed by atoms with Gasteiger partial charge >= 0.3 is 16.3 Å². The summed E-state index contributed by atoms with van der Waals surface area (Å²) in [5.41, 5.74) is 1.41. The van der Waals surface area contributed by atoms with Gasteiger partial charge in [-0.2, -0.15) is 8.42 Å². The standard InChI is InChI=1S/C13H21N3O4S/c1-3-9-14-10-11-5-7-12(8-6-11)15-21(18,19)16-13(17)20-4-2/h5-8,14-15H,3-4,9-10H2,1-2H3,(H,16,17). The minimum absolute atomic E-state index is 0.0980. The average Bonchev–Trinajstić information content (AvgIpc) is 2.40. The number of rotatable bonds is 8. The molecule has 0 saturated heterocycles. The molecule has 1 aromatic rings. The van der Waals surface area contributed by atoms with Crippen LogP contribution in [0.3, 0.4) is 0 Å². The van der Waals surface area contributed by atoms with Gasteiger partial charge in [0.25, 0.3) is 0 Å². The normalized spacial score (nSPS) is 11.0. The Labute approximate surface area is 125 Å². The van der Waals surface area contributed by atoms with Gasteiger partial charge in [0.05, 0.1) is 12.3 Å². The number of ether oxygens (including phenoxy) is 1. The lowest BCUT2D eigenvalue weighted by atomic mass is 10.2. The van der Waals surface area contributed by atoms with E-state index in [-0.39, 0.29) is 6.61 Å². The van der Waals surface area contributed by atoms with Crippen LogP contribution in [0.4, 0.5) is 10.5 Å². The summed E-state index contributed by atoms with van der Waals surface area (Å²) in [7, 11) is -3.98. The molecule has 1 rings (SSSR count). The molecule has 1 amide bonds. The van der Waals surface area contributed by atoms with E-state index in [1.54, 1.807) is 23.8 Å². The summed E-state index contributed by atoms with van der Waals surface area (Å²) in [5, 5.41) is 3.25. The van der Waals surface area contributed by atoms with Crippen LogP contribution >= 0.6 is 0 Å². The van der Waals surface area contributed by atoms with Gasteiger partial charge in [0, 0.05) is 6.54 Å². The predicted molar refractivity (Wildman–Crippen MR) is 81.1 cm³/mol. The van der Waals surface area contributed by atoms with Crippen molar-refractivity contribution in [2.75, 3.05) is 17.9 Å². The number of nitrogens with one attached hydrogen (secondary N) is 3. The first-order valence-corrected chi connectivity index (χ1v) is 8.22. The maximum atomic E-state index is 11.6. The van der Waals surface area contributed by atoms with Gasteiger partial charge in [-0.15, -0.1) is 0 Å². The zero-order chi connectivity index (χ0) is 15.7. The number of carbonyl (C=O) groups is 1. The van der Waals surface area contributed by atoms with Gasteiger partial charge in [-0.1, -0.05) is 19.1 Å². The van der Waals surface area contributed by atoms with Crippen molar-refractivity contribution in [1.29, 1.82) is 0 Å². The Morgan fingerprint density at radius 2 is 1.86 bits per heavy atom. The van der Waals surface area contributed by atoms with E-state index in [1.165, 1.54) is 0 Å². The Morgan fingerprint density at radius 3 is 2.43 bits per heavy atom. The molecule has 7 nitrogen and oxygen atoms in total. The van der Waals surface area contributed by atoms with Crippen LogP contribution in [-0.4, -0.2) is 27.7 Å². The number of hydrogen-bond acceptors (Lipinski definition) is 5. The minimum Gasteiger partial charge on any atom is -0.449 e. The highest BCUT2D eigenvalue weighted by molar-refractivity contribution is 7.91. The fraction of sp³-hybridized carbons (Fsp3) is 0.462. The zero-order valence-corrected chi connectivity index (χ0v) is 13.0. The van der Waals surface area contributed by atoms with Crippen LogP contribution in [0, 0.1) is 0 Å². The first kappa shape index (κ1) is 17.3. The predicted octanol–water partition coefficient (Wildman–Crippen LogP) is 1.59. The number of anilines is 1. The van der Waals surface area contributed by atoms with Gasteiger partial charge < -0.3 is 10.1 Å². The quantitative estimate of drug-likeness (QED) is 0.633. The van der Waals surface area contributed by atoms with Crippen LogP contribution in [0.2, 0.25) is 0 Å². The summed E-state index contributed by atoms with van der Waals surface area (Å²) in [6.07, 6.45) is 0.0441. The summed E-state index contributed by atoms with van der Waals surface area (Å²) >= 11 is 0. The maximum absolute atomic E-state index is 11.6. The van der Waals surface area contributed by atoms with E-state index in [1.807, 2.05) is 12.1 Å². The summed E-state index contributed by atoms with van der Waals surface area (Å²) in [4.78, 5) is 11.1. The lowest BCUT2D eigenvalue weighted by Gasteiger charge is -2.10. The molecule has 0 aliphatic carbocycles. The molecule has 1 aromatic carbocycles. The topological polar surface area (TPSA) is 96.5 Å². The summed E-state index contributed by atoms with van der Waals surface area (Å²) in [5.74, 6) is 0. The fourth-order valence-electron chi connectivity index (χ4n) is 1.55. The van der Waals surface area contributed by atoms with Crippen LogP contribution in [0.15, 0.2) is 24.3 Å². The minimum atomic E-state index is -3.98. The van der Waals surface area contributed by atoms with E-state index in [0.717, 1.165) is 25.1 Å². The third-order valence-corrected chi connectivity index (χ3v) is 3.40. The third kappa shape index (κ3) is 6.96. The molecule has 21 heavy (non-hydrogen) atoms. The van der Waals surface area contributed by atoms with Gasteiger partial charge in [-0.05, 0) is 37.6 Å². The van der Waals surface area contributed by atoms with Crippen LogP contribution in [0.5, 0.6) is 0 Å². The molecular formula is C13H21N3O4S. The average molecular weight is 315 g/mol. The first-order chi connectivity index (χ1) is 9.96. The Kier molecular flexibility index (Phi) is 6.97. The molecule has 0 aromatic heterocycles. The monoisotopic (exact) mass is 315 g/mol. The lowest BCUT2D eigenvalue weighted by molar-refractivity contribution is 0.159. The molecule has 0 aliphatic heterocycles. The Morgan fingerprint density at radius 1 is 1.19 bits per heavy atom. The van der Waals surface area contributed by atoms with Crippen molar-refractivity contribution < 1.29 is 17.9 Å². The summed E-state index contributed by atoms with van der Waals surface area (Å²) in [6.45, 7) is 5.42. The van der Waals surface area contributed by atoms with Crippen molar-refractivity contribution in [2.45, 2.75) is 26.8 Å². The smallest absolute Gasteiger partial charge is 0.422 e. The van der Waals surface area contributed by atoms with Crippen LogP contribution < -0.4 is 14.8 Å². The highest BCUT2D eigenvalue weighted by atomic mass is 32.2. The molecule has 0 heterocycles. The second-order valence-electron chi connectivity index (χ2n) is 4.30. The summed E-state index contributed by atoms with van der Waals surface area (Å²) < 4.78 is 31.8. The number of amides is 1. The molecule has 0 fully saturated rings. The SMILES string of the molecule is CCCNCc1ccc(NS(=O)(=O)NC(=O)OCC)cc1. The van der Waals surface area contributed by atoms with Gasteiger partial charge in [0.1, 0.15) is 0 Å². The highest BCUT2D eigenvalue weighted by Gasteiger charge is 2.14. The Bertz CT molecular complexity index is 543. The van der Waals surface area contributed by atoms with Crippen molar-refractivity contribution in [3.63, 3.8) is 0 Å². The maximum Gasteiger partial charge on any atom is 0.422 e. The molecule has 8 heteroatoms. The second-order valence-corrected chi connectivity index (χ2v) is 5.72. The van der Waals surface area contributed by atoms with Crippen molar-refractivity contribution in [1.82, 2.24) is 10.0 Å². The van der Waals surface area contributed by atoms with Crippen molar-refractivity contribution in [3.05, 3.63) is 29.8 Å². The molecule has 0 spiro atoms. The number of carbonyl (C=O) groups excluding carboxylic acids is 1. The Hall–Kier alpha value is -1.80. The van der Waals surface area contributed by atoms with E-state index in [0.29, 0.717) is 5.69 Å². The van der Waals surface area contributed by atoms with Gasteiger partial charge in [-0.25, -0.2) is 9.52 Å². The van der Waals surface area contributed by atoms with Crippen LogP contribution in [0.1, 0.15) is 25.8 Å². The second kappa shape index (κ2) is 8.48. The lowest BCUT2D eigenvalue weighted by Crippen LogP contribution is -2.35. The van der Waals surface area contributed by atoms with Crippen molar-refractivity contribution in [3.8, 4) is 0 Å². The fourth-order valence-corrected chi connectivity index (χ4v) is 2.33. The molecule has 0 saturated carbocycles. The Balaban J connectivity index is 2.56. The van der Waals surface area contributed by atoms with E-state index in [4.69, 9.17) is 0 Å². The molecule has 0 bridgehead atoms. The van der Waals surface area contributed by atoms with Crippen molar-refractivity contribution in [2.24, 2.45) is 0 Å². The van der Waals surface area contributed by atoms with E-state index < -0.39 is 16.3 Å². The van der Waals surface area contributed by atoms with E-state index in [2.05, 4.69) is 21.7 Å². The van der Waals surface area contributed by atoms with Gasteiger partial charge in [0.2, 0.25) is 0 Å².